The highest BCUT2D eigenvalue weighted by Gasteiger charge is 2.43. The van der Waals surface area contributed by atoms with Crippen molar-refractivity contribution in [3.05, 3.63) is 0 Å². The Morgan fingerprint density at radius 2 is 1.81 bits per heavy atom. The van der Waals surface area contributed by atoms with Crippen molar-refractivity contribution < 1.29 is 19.2 Å². The van der Waals surface area contributed by atoms with E-state index in [-0.39, 0.29) is 36.2 Å². The lowest BCUT2D eigenvalue weighted by Crippen LogP contribution is -2.54. The number of carbonyl (C=O) groups is 4. The number of nitrogens with zero attached hydrogens (tertiary/aromatic N) is 1. The summed E-state index contributed by atoms with van der Waals surface area (Å²) in [6, 6.07) is -1.72. The summed E-state index contributed by atoms with van der Waals surface area (Å²) >= 11 is 0. The second-order valence-corrected chi connectivity index (χ2v) is 7.66. The van der Waals surface area contributed by atoms with Crippen LogP contribution in [0.3, 0.4) is 0 Å². The first-order valence-corrected chi connectivity index (χ1v) is 9.45. The van der Waals surface area contributed by atoms with Crippen LogP contribution in [0.1, 0.15) is 52.4 Å². The molecule has 2 rings (SSSR count). The van der Waals surface area contributed by atoms with E-state index in [0.29, 0.717) is 12.8 Å². The molecule has 8 nitrogen and oxygen atoms in total. The summed E-state index contributed by atoms with van der Waals surface area (Å²) in [6.07, 6.45) is 5.79. The SMILES string of the molecule is CC(C)C(=O)NC1CC(C(N)=O)N(C(=O)C(NC=O)C2CCCCC2)C1. The Labute approximate surface area is 154 Å². The molecule has 0 aromatic rings. The maximum Gasteiger partial charge on any atom is 0.246 e. The maximum atomic E-state index is 13.1. The van der Waals surface area contributed by atoms with E-state index >= 15 is 0 Å². The van der Waals surface area contributed by atoms with Crippen LogP contribution in [0.15, 0.2) is 0 Å². The summed E-state index contributed by atoms with van der Waals surface area (Å²) in [4.78, 5) is 49.4. The highest BCUT2D eigenvalue weighted by molar-refractivity contribution is 5.91. The molecule has 0 spiro atoms. The average Bonchev–Trinajstić information content (AvgIpc) is 3.04. The van der Waals surface area contributed by atoms with Crippen LogP contribution in [0.2, 0.25) is 0 Å². The smallest absolute Gasteiger partial charge is 0.246 e. The van der Waals surface area contributed by atoms with Crippen LogP contribution in [0.5, 0.6) is 0 Å². The summed E-state index contributed by atoms with van der Waals surface area (Å²) < 4.78 is 0. The Kier molecular flexibility index (Phi) is 6.99. The van der Waals surface area contributed by atoms with E-state index in [4.69, 9.17) is 5.73 Å². The van der Waals surface area contributed by atoms with Gasteiger partial charge in [-0.05, 0) is 25.2 Å². The second kappa shape index (κ2) is 9.00. The molecule has 2 fully saturated rings. The fourth-order valence-electron chi connectivity index (χ4n) is 3.95. The number of hydrogen-bond donors (Lipinski definition) is 3. The monoisotopic (exact) mass is 366 g/mol. The predicted molar refractivity (Wildman–Crippen MR) is 95.6 cm³/mol. The van der Waals surface area contributed by atoms with Gasteiger partial charge in [0.1, 0.15) is 12.1 Å². The van der Waals surface area contributed by atoms with Gasteiger partial charge in [-0.15, -0.1) is 0 Å². The minimum Gasteiger partial charge on any atom is -0.368 e. The lowest BCUT2D eigenvalue weighted by molar-refractivity contribution is -0.141. The largest absolute Gasteiger partial charge is 0.368 e. The van der Waals surface area contributed by atoms with Crippen molar-refractivity contribution in [3.63, 3.8) is 0 Å². The van der Waals surface area contributed by atoms with Crippen molar-refractivity contribution in [2.45, 2.75) is 70.5 Å². The number of nitrogens with one attached hydrogen (secondary N) is 2. The topological polar surface area (TPSA) is 122 Å². The number of carbonyl (C=O) groups excluding carboxylic acids is 4. The van der Waals surface area contributed by atoms with E-state index in [0.717, 1.165) is 32.1 Å². The highest BCUT2D eigenvalue weighted by Crippen LogP contribution is 2.29. The van der Waals surface area contributed by atoms with Crippen molar-refractivity contribution in [1.29, 1.82) is 0 Å². The number of rotatable bonds is 7. The molecular formula is C18H30N4O4. The van der Waals surface area contributed by atoms with E-state index in [1.165, 1.54) is 4.90 Å². The third-order valence-electron chi connectivity index (χ3n) is 5.42. The van der Waals surface area contributed by atoms with Crippen LogP contribution in [-0.2, 0) is 19.2 Å². The quantitative estimate of drug-likeness (QED) is 0.545. The Morgan fingerprint density at radius 1 is 1.15 bits per heavy atom. The Bertz CT molecular complexity index is 545. The molecule has 0 bridgehead atoms. The Hall–Kier alpha value is -2.12. The molecule has 2 aliphatic rings. The van der Waals surface area contributed by atoms with E-state index < -0.39 is 18.0 Å². The first-order valence-electron chi connectivity index (χ1n) is 9.45. The third-order valence-corrected chi connectivity index (χ3v) is 5.42. The molecule has 0 radical (unpaired) electrons. The van der Waals surface area contributed by atoms with Gasteiger partial charge in [-0.3, -0.25) is 19.2 Å². The van der Waals surface area contributed by atoms with Gasteiger partial charge in [0.2, 0.25) is 24.1 Å². The van der Waals surface area contributed by atoms with Crippen molar-refractivity contribution in [2.75, 3.05) is 6.54 Å². The lowest BCUT2D eigenvalue weighted by atomic mass is 9.83. The number of primary amides is 1. The number of hydrogen-bond acceptors (Lipinski definition) is 4. The molecule has 4 N–H and O–H groups in total. The van der Waals surface area contributed by atoms with Crippen molar-refractivity contribution in [1.82, 2.24) is 15.5 Å². The lowest BCUT2D eigenvalue weighted by Gasteiger charge is -2.33. The molecule has 8 heteroatoms. The molecule has 3 unspecified atom stereocenters. The van der Waals surface area contributed by atoms with Crippen molar-refractivity contribution in [3.8, 4) is 0 Å². The first kappa shape index (κ1) is 20.2. The van der Waals surface area contributed by atoms with Crippen LogP contribution in [0, 0.1) is 11.8 Å². The number of nitrogens with two attached hydrogens (primary N) is 1. The van der Waals surface area contributed by atoms with Gasteiger partial charge in [-0.25, -0.2) is 0 Å². The summed E-state index contributed by atoms with van der Waals surface area (Å²) in [6.45, 7) is 3.80. The zero-order valence-electron chi connectivity index (χ0n) is 15.6. The zero-order chi connectivity index (χ0) is 19.3. The van der Waals surface area contributed by atoms with E-state index in [1.54, 1.807) is 13.8 Å². The summed E-state index contributed by atoms with van der Waals surface area (Å²) in [5.74, 6) is -1.11. The number of likely N-dealkylation sites (tertiary alicyclic amines) is 1. The molecule has 26 heavy (non-hydrogen) atoms. The van der Waals surface area contributed by atoms with Gasteiger partial charge in [-0.2, -0.15) is 0 Å². The fourth-order valence-corrected chi connectivity index (χ4v) is 3.95. The average molecular weight is 366 g/mol. The van der Waals surface area contributed by atoms with Gasteiger partial charge in [-0.1, -0.05) is 33.1 Å². The molecule has 4 amide bonds. The van der Waals surface area contributed by atoms with Gasteiger partial charge in [0.05, 0.1) is 0 Å². The van der Waals surface area contributed by atoms with E-state index in [9.17, 15) is 19.2 Å². The van der Waals surface area contributed by atoms with Gasteiger partial charge >= 0.3 is 0 Å². The fraction of sp³-hybridized carbons (Fsp3) is 0.778. The maximum absolute atomic E-state index is 13.1. The van der Waals surface area contributed by atoms with Crippen molar-refractivity contribution >= 4 is 24.1 Å². The molecular weight excluding hydrogens is 336 g/mol. The molecule has 1 heterocycles. The minimum atomic E-state index is -0.764. The zero-order valence-corrected chi connectivity index (χ0v) is 15.6. The Morgan fingerprint density at radius 3 is 2.35 bits per heavy atom. The van der Waals surface area contributed by atoms with E-state index in [2.05, 4.69) is 10.6 Å². The standard InChI is InChI=1S/C18H30N4O4/c1-11(2)17(25)21-13-8-14(16(19)24)22(9-13)18(26)15(20-10-23)12-6-4-3-5-7-12/h10-15H,3-9H2,1-2H3,(H2,19,24)(H,20,23)(H,21,25). The summed E-state index contributed by atoms with van der Waals surface area (Å²) in [5, 5.41) is 5.52. The molecule has 146 valence electrons. The third kappa shape index (κ3) is 4.74. The van der Waals surface area contributed by atoms with Crippen LogP contribution in [0.25, 0.3) is 0 Å². The molecule has 1 aliphatic heterocycles. The minimum absolute atomic E-state index is 0.0688. The van der Waals surface area contributed by atoms with Crippen LogP contribution in [0.4, 0.5) is 0 Å². The van der Waals surface area contributed by atoms with Gasteiger partial charge in [0, 0.05) is 18.5 Å². The van der Waals surface area contributed by atoms with E-state index in [1.807, 2.05) is 0 Å². The number of amides is 4. The van der Waals surface area contributed by atoms with Crippen LogP contribution >= 0.6 is 0 Å². The molecule has 0 aromatic heterocycles. The summed E-state index contributed by atoms with van der Waals surface area (Å²) in [7, 11) is 0. The molecule has 1 saturated heterocycles. The second-order valence-electron chi connectivity index (χ2n) is 7.66. The predicted octanol–water partition coefficient (Wildman–Crippen LogP) is -0.0917. The molecule has 1 saturated carbocycles. The van der Waals surface area contributed by atoms with Crippen molar-refractivity contribution in [2.24, 2.45) is 17.6 Å². The Balaban J connectivity index is 2.13. The van der Waals surface area contributed by atoms with Gasteiger partial charge in [0.15, 0.2) is 0 Å². The molecule has 1 aliphatic carbocycles. The normalized spacial score (nSPS) is 25.0. The highest BCUT2D eigenvalue weighted by atomic mass is 16.2. The van der Waals surface area contributed by atoms with Crippen LogP contribution < -0.4 is 16.4 Å². The summed E-state index contributed by atoms with van der Waals surface area (Å²) in [5.41, 5.74) is 5.50. The molecule has 0 aromatic carbocycles. The van der Waals surface area contributed by atoms with Crippen LogP contribution in [-0.4, -0.2) is 53.7 Å². The first-order chi connectivity index (χ1) is 12.3. The molecule has 3 atom stereocenters. The van der Waals surface area contributed by atoms with Gasteiger partial charge in [0.25, 0.3) is 0 Å². The van der Waals surface area contributed by atoms with Gasteiger partial charge < -0.3 is 21.3 Å².